The minimum Gasteiger partial charge on any atom is -0.299 e. The first-order chi connectivity index (χ1) is 11.2. The Hall–Kier alpha value is -1.90. The zero-order valence-corrected chi connectivity index (χ0v) is 13.9. The molecule has 3 rings (SSSR count). The van der Waals surface area contributed by atoms with Crippen LogP contribution in [-0.2, 0) is 4.79 Å². The minimum absolute atomic E-state index is 0.0319. The SMILES string of the molecule is CC(c1cccnc1)N1CCN(CC(=O)Nc2nncs2)CC1. The van der Waals surface area contributed by atoms with Crippen molar-refractivity contribution in [2.45, 2.75) is 13.0 Å². The van der Waals surface area contributed by atoms with E-state index in [-0.39, 0.29) is 5.91 Å². The number of rotatable bonds is 5. The van der Waals surface area contributed by atoms with Gasteiger partial charge >= 0.3 is 0 Å². The van der Waals surface area contributed by atoms with E-state index in [1.54, 1.807) is 11.7 Å². The lowest BCUT2D eigenvalue weighted by Gasteiger charge is -2.37. The van der Waals surface area contributed by atoms with Crippen molar-refractivity contribution in [1.29, 1.82) is 0 Å². The average Bonchev–Trinajstić information content (AvgIpc) is 3.08. The average molecular weight is 332 g/mol. The van der Waals surface area contributed by atoms with Crippen LogP contribution in [0.2, 0.25) is 0 Å². The van der Waals surface area contributed by atoms with Gasteiger partial charge < -0.3 is 0 Å². The molecular weight excluding hydrogens is 312 g/mol. The van der Waals surface area contributed by atoms with E-state index in [0.717, 1.165) is 26.2 Å². The Labute approximate surface area is 139 Å². The zero-order chi connectivity index (χ0) is 16.1. The van der Waals surface area contributed by atoms with Crippen LogP contribution in [0.3, 0.4) is 0 Å². The second-order valence-corrected chi connectivity index (χ2v) is 6.40. The Balaban J connectivity index is 1.46. The van der Waals surface area contributed by atoms with Crippen LogP contribution < -0.4 is 5.32 Å². The first-order valence-electron chi connectivity index (χ1n) is 7.65. The molecule has 1 aliphatic rings. The van der Waals surface area contributed by atoms with Gasteiger partial charge in [0.1, 0.15) is 5.51 Å². The molecule has 0 bridgehead atoms. The van der Waals surface area contributed by atoms with Gasteiger partial charge in [0, 0.05) is 44.6 Å². The molecule has 1 N–H and O–H groups in total. The number of hydrogen-bond donors (Lipinski definition) is 1. The molecule has 1 atom stereocenters. The maximum atomic E-state index is 12.0. The molecule has 0 radical (unpaired) electrons. The van der Waals surface area contributed by atoms with Gasteiger partial charge in [0.15, 0.2) is 0 Å². The van der Waals surface area contributed by atoms with Crippen molar-refractivity contribution in [1.82, 2.24) is 25.0 Å². The molecule has 2 aromatic rings. The lowest BCUT2D eigenvalue weighted by atomic mass is 10.1. The third-order valence-corrected chi connectivity index (χ3v) is 4.70. The summed E-state index contributed by atoms with van der Waals surface area (Å²) in [7, 11) is 0. The third kappa shape index (κ3) is 4.31. The highest BCUT2D eigenvalue weighted by molar-refractivity contribution is 7.13. The number of hydrogen-bond acceptors (Lipinski definition) is 7. The van der Waals surface area contributed by atoms with Crippen molar-refractivity contribution in [2.24, 2.45) is 0 Å². The van der Waals surface area contributed by atoms with Gasteiger partial charge in [-0.3, -0.25) is 24.9 Å². The molecular formula is C15H20N6OS. The molecule has 122 valence electrons. The number of nitrogens with one attached hydrogen (secondary N) is 1. The highest BCUT2D eigenvalue weighted by Gasteiger charge is 2.23. The first-order valence-corrected chi connectivity index (χ1v) is 8.52. The lowest BCUT2D eigenvalue weighted by Crippen LogP contribution is -2.49. The Morgan fingerprint density at radius 1 is 1.39 bits per heavy atom. The molecule has 7 nitrogen and oxygen atoms in total. The molecule has 1 saturated heterocycles. The third-order valence-electron chi connectivity index (χ3n) is 4.10. The maximum absolute atomic E-state index is 12.0. The van der Waals surface area contributed by atoms with E-state index >= 15 is 0 Å². The minimum atomic E-state index is -0.0319. The topological polar surface area (TPSA) is 74.2 Å². The van der Waals surface area contributed by atoms with Crippen LogP contribution in [-0.4, -0.2) is 63.6 Å². The van der Waals surface area contributed by atoms with Gasteiger partial charge in [-0.15, -0.1) is 10.2 Å². The summed E-state index contributed by atoms with van der Waals surface area (Å²) in [5.74, 6) is -0.0319. The van der Waals surface area contributed by atoms with Crippen molar-refractivity contribution in [2.75, 3.05) is 38.0 Å². The Kier molecular flexibility index (Phi) is 5.27. The van der Waals surface area contributed by atoms with E-state index in [4.69, 9.17) is 0 Å². The van der Waals surface area contributed by atoms with Gasteiger partial charge in [-0.05, 0) is 18.6 Å². The predicted octanol–water partition coefficient (Wildman–Crippen LogP) is 1.25. The van der Waals surface area contributed by atoms with Gasteiger partial charge in [-0.2, -0.15) is 0 Å². The van der Waals surface area contributed by atoms with E-state index in [2.05, 4.69) is 43.3 Å². The van der Waals surface area contributed by atoms with Crippen LogP contribution in [0.4, 0.5) is 5.13 Å². The normalized spacial score (nSPS) is 17.8. The van der Waals surface area contributed by atoms with Crippen LogP contribution in [0.25, 0.3) is 0 Å². The molecule has 1 aliphatic heterocycles. The summed E-state index contributed by atoms with van der Waals surface area (Å²) in [6.45, 7) is 6.26. The number of carbonyl (C=O) groups excluding carboxylic acids is 1. The van der Waals surface area contributed by atoms with Crippen LogP contribution >= 0.6 is 11.3 Å². The molecule has 0 spiro atoms. The summed E-state index contributed by atoms with van der Waals surface area (Å²) in [5, 5.41) is 10.9. The van der Waals surface area contributed by atoms with Gasteiger partial charge in [-0.25, -0.2) is 0 Å². The number of amides is 1. The van der Waals surface area contributed by atoms with Crippen molar-refractivity contribution < 1.29 is 4.79 Å². The molecule has 23 heavy (non-hydrogen) atoms. The molecule has 0 aromatic carbocycles. The summed E-state index contributed by atoms with van der Waals surface area (Å²) in [6, 6.07) is 4.43. The standard InChI is InChI=1S/C15H20N6OS/c1-12(13-3-2-4-16-9-13)21-7-5-20(6-8-21)10-14(22)18-15-19-17-11-23-15/h2-4,9,11-12H,5-8,10H2,1H3,(H,18,19,22). The van der Waals surface area contributed by atoms with Gasteiger partial charge in [0.05, 0.1) is 6.54 Å². The van der Waals surface area contributed by atoms with Gasteiger partial charge in [-0.1, -0.05) is 17.4 Å². The molecule has 1 amide bonds. The van der Waals surface area contributed by atoms with E-state index in [0.29, 0.717) is 17.7 Å². The van der Waals surface area contributed by atoms with Crippen LogP contribution in [0.15, 0.2) is 30.0 Å². The van der Waals surface area contributed by atoms with Crippen molar-refractivity contribution >= 4 is 22.4 Å². The van der Waals surface area contributed by atoms with E-state index in [1.165, 1.54) is 16.9 Å². The molecule has 0 aliphatic carbocycles. The summed E-state index contributed by atoms with van der Waals surface area (Å²) in [6.07, 6.45) is 3.72. The van der Waals surface area contributed by atoms with Gasteiger partial charge in [0.2, 0.25) is 11.0 Å². The van der Waals surface area contributed by atoms with Crippen LogP contribution in [0.1, 0.15) is 18.5 Å². The fraction of sp³-hybridized carbons (Fsp3) is 0.467. The maximum Gasteiger partial charge on any atom is 0.240 e. The van der Waals surface area contributed by atoms with Gasteiger partial charge in [0.25, 0.3) is 0 Å². The zero-order valence-electron chi connectivity index (χ0n) is 13.1. The summed E-state index contributed by atoms with van der Waals surface area (Å²) >= 11 is 1.33. The largest absolute Gasteiger partial charge is 0.299 e. The molecule has 1 unspecified atom stereocenters. The lowest BCUT2D eigenvalue weighted by molar-refractivity contribution is -0.117. The number of nitrogens with zero attached hydrogens (tertiary/aromatic N) is 5. The summed E-state index contributed by atoms with van der Waals surface area (Å²) < 4.78 is 0. The van der Waals surface area contributed by atoms with E-state index in [9.17, 15) is 4.79 Å². The molecule has 3 heterocycles. The number of aromatic nitrogens is 3. The van der Waals surface area contributed by atoms with E-state index in [1.807, 2.05) is 12.3 Å². The summed E-state index contributed by atoms with van der Waals surface area (Å²) in [5.41, 5.74) is 2.84. The van der Waals surface area contributed by atoms with Crippen LogP contribution in [0.5, 0.6) is 0 Å². The summed E-state index contributed by atoms with van der Waals surface area (Å²) in [4.78, 5) is 20.8. The quantitative estimate of drug-likeness (QED) is 0.888. The van der Waals surface area contributed by atoms with E-state index < -0.39 is 0 Å². The Morgan fingerprint density at radius 3 is 2.87 bits per heavy atom. The smallest absolute Gasteiger partial charge is 0.240 e. The number of carbonyl (C=O) groups is 1. The number of pyridine rings is 1. The van der Waals surface area contributed by atoms with Crippen molar-refractivity contribution in [3.8, 4) is 0 Å². The number of piperazine rings is 1. The predicted molar refractivity (Wildman–Crippen MR) is 89.2 cm³/mol. The molecule has 8 heteroatoms. The highest BCUT2D eigenvalue weighted by Crippen LogP contribution is 2.20. The molecule has 0 saturated carbocycles. The van der Waals surface area contributed by atoms with Crippen molar-refractivity contribution in [3.63, 3.8) is 0 Å². The molecule has 1 fully saturated rings. The monoisotopic (exact) mass is 332 g/mol. The van der Waals surface area contributed by atoms with Crippen LogP contribution in [0, 0.1) is 0 Å². The second-order valence-electron chi connectivity index (χ2n) is 5.57. The number of anilines is 1. The first kappa shape index (κ1) is 16.0. The Morgan fingerprint density at radius 2 is 2.22 bits per heavy atom. The van der Waals surface area contributed by atoms with Crippen molar-refractivity contribution in [3.05, 3.63) is 35.6 Å². The fourth-order valence-electron chi connectivity index (χ4n) is 2.73. The fourth-order valence-corrected chi connectivity index (χ4v) is 3.19. The Bertz CT molecular complexity index is 612. The second kappa shape index (κ2) is 7.58. The highest BCUT2D eigenvalue weighted by atomic mass is 32.1. The molecule has 2 aromatic heterocycles.